The summed E-state index contributed by atoms with van der Waals surface area (Å²) in [6, 6.07) is 10.7. The van der Waals surface area contributed by atoms with Crippen LogP contribution in [0.25, 0.3) is 0 Å². The van der Waals surface area contributed by atoms with Gasteiger partial charge in [0, 0.05) is 23.7 Å². The lowest BCUT2D eigenvalue weighted by molar-refractivity contribution is 0.173. The van der Waals surface area contributed by atoms with E-state index in [1.165, 1.54) is 10.4 Å². The fourth-order valence-electron chi connectivity index (χ4n) is 2.47. The molecule has 0 aliphatic rings. The molecule has 0 bridgehead atoms. The van der Waals surface area contributed by atoms with Crippen LogP contribution in [0.2, 0.25) is 0 Å². The van der Waals surface area contributed by atoms with Crippen molar-refractivity contribution in [1.29, 1.82) is 0 Å². The zero-order valence-corrected chi connectivity index (χ0v) is 13.7. The van der Waals surface area contributed by atoms with E-state index in [1.54, 1.807) is 11.3 Å². The van der Waals surface area contributed by atoms with Gasteiger partial charge < -0.3 is 10.4 Å². The predicted octanol–water partition coefficient (Wildman–Crippen LogP) is 3.66. The van der Waals surface area contributed by atoms with Crippen molar-refractivity contribution in [3.8, 4) is 0 Å². The molecule has 0 aliphatic carbocycles. The molecule has 0 saturated carbocycles. The van der Waals surface area contributed by atoms with Crippen molar-refractivity contribution >= 4 is 11.3 Å². The van der Waals surface area contributed by atoms with Gasteiger partial charge in [-0.05, 0) is 38.7 Å². The number of aliphatic hydroxyl groups excluding tert-OH is 1. The molecule has 3 atom stereocenters. The van der Waals surface area contributed by atoms with E-state index in [-0.39, 0.29) is 12.1 Å². The van der Waals surface area contributed by atoms with Crippen molar-refractivity contribution in [1.82, 2.24) is 10.3 Å². The third kappa shape index (κ3) is 4.92. The summed E-state index contributed by atoms with van der Waals surface area (Å²) in [6.07, 6.45) is 2.42. The van der Waals surface area contributed by atoms with Crippen molar-refractivity contribution in [2.45, 2.75) is 45.3 Å². The quantitative estimate of drug-likeness (QED) is 0.820. The van der Waals surface area contributed by atoms with Gasteiger partial charge in [-0.25, -0.2) is 4.98 Å². The van der Waals surface area contributed by atoms with Crippen molar-refractivity contribution in [3.05, 3.63) is 52.0 Å². The van der Waals surface area contributed by atoms with Gasteiger partial charge >= 0.3 is 0 Å². The third-order valence-corrected chi connectivity index (χ3v) is 4.73. The summed E-state index contributed by atoms with van der Waals surface area (Å²) < 4.78 is 0. The molecule has 2 rings (SSSR count). The molecule has 0 fully saturated rings. The molecule has 21 heavy (non-hydrogen) atoms. The number of rotatable bonds is 7. The Morgan fingerprint density at radius 3 is 2.52 bits per heavy atom. The molecule has 3 unspecified atom stereocenters. The van der Waals surface area contributed by atoms with E-state index in [0.29, 0.717) is 5.92 Å². The smallest absolute Gasteiger partial charge is 0.0897 e. The molecular formula is C17H24N2OS. The standard InChI is InChI=1S/C17H24N2OS/c1-12(20)9-16(15-7-5-4-6-8-15)10-18-13(2)17-11-19-14(3)21-17/h4-8,11-13,16,18,20H,9-10H2,1-3H3. The minimum Gasteiger partial charge on any atom is -0.393 e. The highest BCUT2D eigenvalue weighted by Gasteiger charge is 2.16. The van der Waals surface area contributed by atoms with E-state index < -0.39 is 0 Å². The maximum atomic E-state index is 9.73. The van der Waals surface area contributed by atoms with Gasteiger partial charge in [-0.2, -0.15) is 0 Å². The lowest BCUT2D eigenvalue weighted by atomic mass is 9.93. The van der Waals surface area contributed by atoms with Crippen molar-refractivity contribution < 1.29 is 5.11 Å². The Labute approximate surface area is 131 Å². The van der Waals surface area contributed by atoms with Gasteiger partial charge in [0.15, 0.2) is 0 Å². The van der Waals surface area contributed by atoms with E-state index in [1.807, 2.05) is 26.1 Å². The monoisotopic (exact) mass is 304 g/mol. The van der Waals surface area contributed by atoms with Crippen LogP contribution in [0.3, 0.4) is 0 Å². The van der Waals surface area contributed by atoms with E-state index in [9.17, 15) is 5.11 Å². The SMILES string of the molecule is Cc1ncc(C(C)NCC(CC(C)O)c2ccccc2)s1. The van der Waals surface area contributed by atoms with Crippen LogP contribution in [0.1, 0.15) is 47.7 Å². The molecule has 114 valence electrons. The zero-order chi connectivity index (χ0) is 15.2. The number of aliphatic hydroxyl groups is 1. The first-order valence-corrected chi connectivity index (χ1v) is 8.26. The number of nitrogens with one attached hydrogen (secondary N) is 1. The molecule has 0 amide bonds. The first-order valence-electron chi connectivity index (χ1n) is 7.45. The summed E-state index contributed by atoms with van der Waals surface area (Å²) in [6.45, 7) is 6.90. The van der Waals surface area contributed by atoms with Crippen LogP contribution in [0.4, 0.5) is 0 Å². The Kier molecular flexibility index (Phi) is 5.91. The normalized spacial score (nSPS) is 15.6. The van der Waals surface area contributed by atoms with Crippen molar-refractivity contribution in [3.63, 3.8) is 0 Å². The second-order valence-corrected chi connectivity index (χ2v) is 6.87. The highest BCUT2D eigenvalue weighted by atomic mass is 32.1. The summed E-state index contributed by atoms with van der Waals surface area (Å²) >= 11 is 1.73. The van der Waals surface area contributed by atoms with Crippen molar-refractivity contribution in [2.75, 3.05) is 6.54 Å². The molecule has 0 saturated heterocycles. The minimum atomic E-state index is -0.294. The van der Waals surface area contributed by atoms with Gasteiger partial charge in [0.1, 0.15) is 0 Å². The minimum absolute atomic E-state index is 0.288. The number of hydrogen-bond acceptors (Lipinski definition) is 4. The molecule has 0 aliphatic heterocycles. The Morgan fingerprint density at radius 1 is 1.24 bits per heavy atom. The molecule has 3 nitrogen and oxygen atoms in total. The van der Waals surface area contributed by atoms with Crippen LogP contribution in [0.15, 0.2) is 36.5 Å². The van der Waals surface area contributed by atoms with Gasteiger partial charge in [0.2, 0.25) is 0 Å². The average molecular weight is 304 g/mol. The number of hydrogen-bond donors (Lipinski definition) is 2. The number of thiazole rings is 1. The number of nitrogens with zero attached hydrogens (tertiary/aromatic N) is 1. The third-order valence-electron chi connectivity index (χ3n) is 3.63. The first-order chi connectivity index (χ1) is 10.1. The second kappa shape index (κ2) is 7.69. The maximum Gasteiger partial charge on any atom is 0.0897 e. The van der Waals surface area contributed by atoms with Crippen LogP contribution >= 0.6 is 11.3 Å². The topological polar surface area (TPSA) is 45.2 Å². The van der Waals surface area contributed by atoms with Crippen LogP contribution in [0.5, 0.6) is 0 Å². The summed E-state index contributed by atoms with van der Waals surface area (Å²) in [5.74, 6) is 0.322. The van der Waals surface area contributed by atoms with Crippen LogP contribution in [0, 0.1) is 6.92 Å². The lowest BCUT2D eigenvalue weighted by Crippen LogP contribution is -2.26. The molecule has 1 heterocycles. The summed E-state index contributed by atoms with van der Waals surface area (Å²) in [5, 5.41) is 14.4. The molecule has 0 spiro atoms. The summed E-state index contributed by atoms with van der Waals surface area (Å²) in [7, 11) is 0. The molecule has 1 aromatic carbocycles. The first kappa shape index (κ1) is 16.1. The number of aromatic nitrogens is 1. The van der Waals surface area contributed by atoms with E-state index >= 15 is 0 Å². The number of aryl methyl sites for hydroxylation is 1. The van der Waals surface area contributed by atoms with E-state index in [0.717, 1.165) is 18.0 Å². The van der Waals surface area contributed by atoms with Gasteiger partial charge in [-0.3, -0.25) is 0 Å². The van der Waals surface area contributed by atoms with Crippen LogP contribution < -0.4 is 5.32 Å². The molecule has 4 heteroatoms. The highest BCUT2D eigenvalue weighted by Crippen LogP contribution is 2.24. The molecule has 1 aromatic heterocycles. The molecule has 2 aromatic rings. The highest BCUT2D eigenvalue weighted by molar-refractivity contribution is 7.11. The maximum absolute atomic E-state index is 9.73. The second-order valence-electron chi connectivity index (χ2n) is 5.60. The van der Waals surface area contributed by atoms with E-state index in [4.69, 9.17) is 0 Å². The lowest BCUT2D eigenvalue weighted by Gasteiger charge is -2.22. The fourth-order valence-corrected chi connectivity index (χ4v) is 3.28. The van der Waals surface area contributed by atoms with Crippen LogP contribution in [-0.2, 0) is 0 Å². The zero-order valence-electron chi connectivity index (χ0n) is 12.9. The van der Waals surface area contributed by atoms with E-state index in [2.05, 4.69) is 41.5 Å². The van der Waals surface area contributed by atoms with Gasteiger partial charge in [0.05, 0.1) is 11.1 Å². The Morgan fingerprint density at radius 2 is 1.95 bits per heavy atom. The summed E-state index contributed by atoms with van der Waals surface area (Å²) in [4.78, 5) is 5.57. The Balaban J connectivity index is 1.99. The van der Waals surface area contributed by atoms with Gasteiger partial charge in [0.25, 0.3) is 0 Å². The average Bonchev–Trinajstić information content (AvgIpc) is 2.90. The van der Waals surface area contributed by atoms with Gasteiger partial charge in [-0.15, -0.1) is 11.3 Å². The molecule has 0 radical (unpaired) electrons. The Bertz CT molecular complexity index is 539. The largest absolute Gasteiger partial charge is 0.393 e. The van der Waals surface area contributed by atoms with Crippen molar-refractivity contribution in [2.24, 2.45) is 0 Å². The fraction of sp³-hybridized carbons (Fsp3) is 0.471. The molecule has 2 N–H and O–H groups in total. The predicted molar refractivity (Wildman–Crippen MR) is 88.7 cm³/mol. The van der Waals surface area contributed by atoms with Crippen LogP contribution in [-0.4, -0.2) is 22.7 Å². The van der Waals surface area contributed by atoms with Gasteiger partial charge in [-0.1, -0.05) is 30.3 Å². The summed E-state index contributed by atoms with van der Waals surface area (Å²) in [5.41, 5.74) is 1.28. The number of benzene rings is 1. The molecular weight excluding hydrogens is 280 g/mol. The Hall–Kier alpha value is -1.23.